The van der Waals surface area contributed by atoms with Crippen molar-refractivity contribution in [1.82, 2.24) is 5.32 Å². The molecule has 0 bridgehead atoms. The third-order valence-corrected chi connectivity index (χ3v) is 5.88. The molecule has 0 unspecified atom stereocenters. The van der Waals surface area contributed by atoms with Crippen molar-refractivity contribution >= 4 is 11.6 Å². The number of amides is 1. The number of carbonyl (C=O) groups is 1. The molecule has 0 spiro atoms. The van der Waals surface area contributed by atoms with Crippen molar-refractivity contribution in [3.8, 4) is 5.75 Å². The Morgan fingerprint density at radius 1 is 1.13 bits per heavy atom. The van der Waals surface area contributed by atoms with Crippen molar-refractivity contribution in [1.29, 1.82) is 0 Å². The molecule has 4 nitrogen and oxygen atoms in total. The van der Waals surface area contributed by atoms with E-state index in [1.54, 1.807) is 0 Å². The molecular formula is C26H36N2O2. The smallest absolute Gasteiger partial charge is 0.258 e. The maximum Gasteiger partial charge on any atom is 0.258 e. The molecule has 1 saturated heterocycles. The maximum absolute atomic E-state index is 12.3. The zero-order valence-electron chi connectivity index (χ0n) is 19.1. The van der Waals surface area contributed by atoms with Crippen molar-refractivity contribution in [2.75, 3.05) is 24.6 Å². The van der Waals surface area contributed by atoms with E-state index < -0.39 is 0 Å². The van der Waals surface area contributed by atoms with Crippen molar-refractivity contribution in [3.05, 3.63) is 59.7 Å². The first-order valence-electron chi connectivity index (χ1n) is 11.1. The lowest BCUT2D eigenvalue weighted by molar-refractivity contribution is -0.123. The highest BCUT2D eigenvalue weighted by Gasteiger charge is 2.17. The second-order valence-corrected chi connectivity index (χ2v) is 9.64. The highest BCUT2D eigenvalue weighted by Crippen LogP contribution is 2.25. The number of nitrogens with zero attached hydrogens (tertiary/aromatic N) is 1. The minimum atomic E-state index is -0.115. The lowest BCUT2D eigenvalue weighted by Crippen LogP contribution is -2.34. The third kappa shape index (κ3) is 6.01. The molecule has 1 amide bonds. The van der Waals surface area contributed by atoms with Crippen LogP contribution in [0.15, 0.2) is 48.5 Å². The van der Waals surface area contributed by atoms with Gasteiger partial charge in [-0.1, -0.05) is 52.0 Å². The summed E-state index contributed by atoms with van der Waals surface area (Å²) in [5.74, 6) is 1.35. The first kappa shape index (κ1) is 22.2. The largest absolute Gasteiger partial charge is 0.484 e. The summed E-state index contributed by atoms with van der Waals surface area (Å²) in [5, 5.41) is 3.03. The molecule has 0 saturated carbocycles. The number of anilines is 1. The predicted molar refractivity (Wildman–Crippen MR) is 124 cm³/mol. The van der Waals surface area contributed by atoms with E-state index >= 15 is 0 Å². The molecule has 30 heavy (non-hydrogen) atoms. The molecule has 1 aliphatic heterocycles. The number of hydrogen-bond donors (Lipinski definition) is 1. The van der Waals surface area contributed by atoms with Crippen molar-refractivity contribution in [2.24, 2.45) is 5.92 Å². The van der Waals surface area contributed by atoms with Gasteiger partial charge in [-0.3, -0.25) is 4.79 Å². The van der Waals surface area contributed by atoms with Gasteiger partial charge in [0.15, 0.2) is 6.61 Å². The third-order valence-electron chi connectivity index (χ3n) is 5.88. The molecule has 1 heterocycles. The molecule has 162 valence electrons. The lowest BCUT2D eigenvalue weighted by atomic mass is 9.87. The molecule has 2 atom stereocenters. The Morgan fingerprint density at radius 2 is 1.80 bits per heavy atom. The fraction of sp³-hybridized carbons (Fsp3) is 0.500. The maximum atomic E-state index is 12.3. The van der Waals surface area contributed by atoms with Gasteiger partial charge in [-0.15, -0.1) is 0 Å². The predicted octanol–water partition coefficient (Wildman–Crippen LogP) is 5.48. The Balaban J connectivity index is 1.49. The highest BCUT2D eigenvalue weighted by molar-refractivity contribution is 5.78. The number of nitrogens with one attached hydrogen (secondary N) is 1. The van der Waals surface area contributed by atoms with Crippen LogP contribution < -0.4 is 15.0 Å². The van der Waals surface area contributed by atoms with Crippen LogP contribution in [0.1, 0.15) is 64.6 Å². The van der Waals surface area contributed by atoms with Crippen LogP contribution in [0, 0.1) is 5.92 Å². The normalized spacial score (nSPS) is 18.0. The summed E-state index contributed by atoms with van der Waals surface area (Å²) in [6.45, 7) is 13.1. The fourth-order valence-electron chi connectivity index (χ4n) is 3.96. The highest BCUT2D eigenvalue weighted by atomic mass is 16.5. The monoisotopic (exact) mass is 408 g/mol. The minimum Gasteiger partial charge on any atom is -0.484 e. The fourth-order valence-corrected chi connectivity index (χ4v) is 3.96. The molecule has 1 fully saturated rings. The molecule has 3 rings (SSSR count). The SMILES string of the molecule is C[C@@H]1CCCN(c2ccc([C@@H](C)NC(=O)COc3ccc(C(C)(C)C)cc3)cc2)C1. The zero-order valence-corrected chi connectivity index (χ0v) is 19.1. The molecular weight excluding hydrogens is 372 g/mol. The Kier molecular flexibility index (Phi) is 7.06. The average molecular weight is 409 g/mol. The molecule has 2 aromatic carbocycles. The summed E-state index contributed by atoms with van der Waals surface area (Å²) in [7, 11) is 0. The van der Waals surface area contributed by atoms with Crippen LogP contribution in [0.3, 0.4) is 0 Å². The van der Waals surface area contributed by atoms with Gasteiger partial charge in [0.05, 0.1) is 6.04 Å². The van der Waals surface area contributed by atoms with Crippen molar-refractivity contribution < 1.29 is 9.53 Å². The van der Waals surface area contributed by atoms with Gasteiger partial charge in [0, 0.05) is 18.8 Å². The topological polar surface area (TPSA) is 41.6 Å². The summed E-state index contributed by atoms with van der Waals surface area (Å²) < 4.78 is 5.66. The second-order valence-electron chi connectivity index (χ2n) is 9.64. The number of carbonyl (C=O) groups excluding carboxylic acids is 1. The van der Waals surface area contributed by atoms with Gasteiger partial charge in [0.1, 0.15) is 5.75 Å². The molecule has 1 aliphatic rings. The standard InChI is InChI=1S/C26H36N2O2/c1-19-7-6-16-28(17-19)23-12-8-21(9-13-23)20(2)27-25(29)18-30-24-14-10-22(11-15-24)26(3,4)5/h8-15,19-20H,6-7,16-18H2,1-5H3,(H,27,29)/t19-,20-/m1/s1. The summed E-state index contributed by atoms with van der Waals surface area (Å²) in [6, 6.07) is 16.5. The van der Waals surface area contributed by atoms with Gasteiger partial charge >= 0.3 is 0 Å². The number of benzene rings is 2. The van der Waals surface area contributed by atoms with Gasteiger partial charge in [-0.25, -0.2) is 0 Å². The van der Waals surface area contributed by atoms with Crippen LogP contribution in [-0.2, 0) is 10.2 Å². The van der Waals surface area contributed by atoms with E-state index in [2.05, 4.69) is 74.3 Å². The van der Waals surface area contributed by atoms with E-state index in [-0.39, 0.29) is 24.0 Å². The zero-order chi connectivity index (χ0) is 21.7. The average Bonchev–Trinajstić information content (AvgIpc) is 2.72. The molecule has 1 N–H and O–H groups in total. The molecule has 0 radical (unpaired) electrons. The number of hydrogen-bond acceptors (Lipinski definition) is 3. The number of ether oxygens (including phenoxy) is 1. The first-order valence-corrected chi connectivity index (χ1v) is 11.1. The number of piperidine rings is 1. The van der Waals surface area contributed by atoms with Gasteiger partial charge in [0.25, 0.3) is 5.91 Å². The Labute approximate surface area is 181 Å². The summed E-state index contributed by atoms with van der Waals surface area (Å²) in [6.07, 6.45) is 2.58. The van der Waals surface area contributed by atoms with Gasteiger partial charge in [-0.05, 0) is 66.5 Å². The van der Waals surface area contributed by atoms with E-state index in [1.165, 1.54) is 24.1 Å². The summed E-state index contributed by atoms with van der Waals surface area (Å²) in [4.78, 5) is 14.8. The van der Waals surface area contributed by atoms with E-state index in [0.29, 0.717) is 5.75 Å². The van der Waals surface area contributed by atoms with Crippen LogP contribution in [0.25, 0.3) is 0 Å². The van der Waals surface area contributed by atoms with E-state index in [4.69, 9.17) is 4.74 Å². The lowest BCUT2D eigenvalue weighted by Gasteiger charge is -2.33. The van der Waals surface area contributed by atoms with E-state index in [1.807, 2.05) is 19.1 Å². The van der Waals surface area contributed by atoms with Gasteiger partial charge < -0.3 is 15.0 Å². The first-order chi connectivity index (χ1) is 14.2. The van der Waals surface area contributed by atoms with Crippen LogP contribution in [0.2, 0.25) is 0 Å². The van der Waals surface area contributed by atoms with Crippen LogP contribution in [0.5, 0.6) is 5.75 Å². The van der Waals surface area contributed by atoms with E-state index in [0.717, 1.165) is 24.6 Å². The Hall–Kier alpha value is -2.49. The summed E-state index contributed by atoms with van der Waals surface area (Å²) in [5.41, 5.74) is 3.72. The van der Waals surface area contributed by atoms with Crippen molar-refractivity contribution in [2.45, 2.75) is 58.9 Å². The van der Waals surface area contributed by atoms with Crippen molar-refractivity contribution in [3.63, 3.8) is 0 Å². The Bertz CT molecular complexity index is 822. The summed E-state index contributed by atoms with van der Waals surface area (Å²) >= 11 is 0. The number of rotatable bonds is 6. The minimum absolute atomic E-state index is 0.0168. The quantitative estimate of drug-likeness (QED) is 0.688. The van der Waals surface area contributed by atoms with Crippen LogP contribution in [-0.4, -0.2) is 25.6 Å². The molecule has 0 aliphatic carbocycles. The van der Waals surface area contributed by atoms with Crippen LogP contribution in [0.4, 0.5) is 5.69 Å². The van der Waals surface area contributed by atoms with Gasteiger partial charge in [0.2, 0.25) is 0 Å². The second kappa shape index (κ2) is 9.55. The van der Waals surface area contributed by atoms with E-state index in [9.17, 15) is 4.79 Å². The molecule has 2 aromatic rings. The molecule has 0 aromatic heterocycles. The molecule has 4 heteroatoms. The Morgan fingerprint density at radius 3 is 2.40 bits per heavy atom. The van der Waals surface area contributed by atoms with Crippen LogP contribution >= 0.6 is 0 Å². The van der Waals surface area contributed by atoms with Gasteiger partial charge in [-0.2, -0.15) is 0 Å².